The number of anilines is 1. The van der Waals surface area contributed by atoms with Crippen molar-refractivity contribution >= 4 is 17.4 Å². The molecule has 0 heterocycles. The van der Waals surface area contributed by atoms with Crippen LogP contribution in [0, 0.1) is 5.92 Å². The number of carbonyl (C=O) groups excluding carboxylic acids is 1. The van der Waals surface area contributed by atoms with E-state index < -0.39 is 11.5 Å². The fourth-order valence-corrected chi connectivity index (χ4v) is 3.32. The number of aliphatic carboxylic acids is 1. The Bertz CT molecular complexity index is 757. The molecule has 0 aliphatic carbocycles. The maximum atomic E-state index is 12.9. The highest BCUT2D eigenvalue weighted by Crippen LogP contribution is 2.28. The first-order chi connectivity index (χ1) is 12.4. The number of benzene rings is 2. The maximum Gasteiger partial charge on any atom is 0.329 e. The minimum Gasteiger partial charge on any atom is -0.480 e. The second-order valence-corrected chi connectivity index (χ2v) is 7.10. The van der Waals surface area contributed by atoms with Gasteiger partial charge in [-0.3, -0.25) is 4.79 Å². The number of carboxylic acid groups (broad SMARTS) is 1. The van der Waals surface area contributed by atoms with Crippen molar-refractivity contribution in [3.05, 3.63) is 65.7 Å². The molecule has 0 amide bonds. The summed E-state index contributed by atoms with van der Waals surface area (Å²) in [6.45, 7) is 5.84. The lowest BCUT2D eigenvalue weighted by Crippen LogP contribution is -2.45. The molecule has 2 aromatic carbocycles. The molecule has 0 aliphatic rings. The number of hydrogen-bond donors (Lipinski definition) is 2. The number of nitrogens with one attached hydrogen (secondary N) is 1. The van der Waals surface area contributed by atoms with Gasteiger partial charge in [0, 0.05) is 16.8 Å². The van der Waals surface area contributed by atoms with Gasteiger partial charge in [-0.15, -0.1) is 0 Å². The van der Waals surface area contributed by atoms with E-state index in [1.165, 1.54) is 0 Å². The zero-order chi connectivity index (χ0) is 19.2. The molecule has 2 rings (SSSR count). The highest BCUT2D eigenvalue weighted by molar-refractivity contribution is 6.12. The summed E-state index contributed by atoms with van der Waals surface area (Å²) in [6.07, 6.45) is 2.47. The van der Waals surface area contributed by atoms with Crippen LogP contribution in [0.1, 0.15) is 56.0 Å². The predicted octanol–water partition coefficient (Wildman–Crippen LogP) is 5.00. The summed E-state index contributed by atoms with van der Waals surface area (Å²) in [5.41, 5.74) is 0.476. The molecule has 0 fully saturated rings. The molecule has 2 aromatic rings. The highest BCUT2D eigenvalue weighted by Gasteiger charge is 2.35. The minimum atomic E-state index is -1.14. The van der Waals surface area contributed by atoms with E-state index in [1.54, 1.807) is 37.3 Å². The fourth-order valence-electron chi connectivity index (χ4n) is 3.32. The van der Waals surface area contributed by atoms with Crippen molar-refractivity contribution in [2.24, 2.45) is 5.92 Å². The molecule has 0 spiro atoms. The molecule has 0 radical (unpaired) electrons. The van der Waals surface area contributed by atoms with Crippen molar-refractivity contribution in [3.63, 3.8) is 0 Å². The maximum absolute atomic E-state index is 12.9. The van der Waals surface area contributed by atoms with Gasteiger partial charge < -0.3 is 10.4 Å². The lowest BCUT2D eigenvalue weighted by molar-refractivity contribution is -0.142. The van der Waals surface area contributed by atoms with E-state index in [-0.39, 0.29) is 11.7 Å². The Kier molecular flexibility index (Phi) is 6.56. The summed E-state index contributed by atoms with van der Waals surface area (Å²) in [5.74, 6) is -0.768. The smallest absolute Gasteiger partial charge is 0.329 e. The molecule has 138 valence electrons. The van der Waals surface area contributed by atoms with Crippen molar-refractivity contribution in [2.75, 3.05) is 5.32 Å². The van der Waals surface area contributed by atoms with Gasteiger partial charge >= 0.3 is 5.97 Å². The Hall–Kier alpha value is -2.62. The van der Waals surface area contributed by atoms with E-state index in [9.17, 15) is 14.7 Å². The third-order valence-corrected chi connectivity index (χ3v) is 4.63. The van der Waals surface area contributed by atoms with Crippen molar-refractivity contribution in [1.82, 2.24) is 0 Å². The second-order valence-electron chi connectivity index (χ2n) is 7.10. The number of para-hydroxylation sites is 1. The Balaban J connectivity index is 2.33. The summed E-state index contributed by atoms with van der Waals surface area (Å²) < 4.78 is 0. The number of rotatable bonds is 9. The molecular formula is C22H27NO3. The van der Waals surface area contributed by atoms with E-state index in [4.69, 9.17) is 0 Å². The molecule has 4 nitrogen and oxygen atoms in total. The van der Waals surface area contributed by atoms with Crippen molar-refractivity contribution in [2.45, 2.75) is 45.6 Å². The molecule has 26 heavy (non-hydrogen) atoms. The third kappa shape index (κ3) is 4.72. The first-order valence-corrected chi connectivity index (χ1v) is 9.07. The van der Waals surface area contributed by atoms with Gasteiger partial charge in [-0.2, -0.15) is 0 Å². The number of carboxylic acids is 1. The highest BCUT2D eigenvalue weighted by atomic mass is 16.4. The van der Waals surface area contributed by atoms with Crippen LogP contribution in [0.5, 0.6) is 0 Å². The van der Waals surface area contributed by atoms with Crippen LogP contribution in [0.4, 0.5) is 5.69 Å². The quantitative estimate of drug-likeness (QED) is 0.623. The van der Waals surface area contributed by atoms with Crippen LogP contribution >= 0.6 is 0 Å². The Labute approximate surface area is 155 Å². The van der Waals surface area contributed by atoms with E-state index in [0.717, 1.165) is 12.8 Å². The molecule has 0 bridgehead atoms. The van der Waals surface area contributed by atoms with Gasteiger partial charge in [0.05, 0.1) is 0 Å². The normalized spacial score (nSPS) is 14.3. The van der Waals surface area contributed by atoms with Gasteiger partial charge in [-0.05, 0) is 31.4 Å². The molecule has 2 unspecified atom stereocenters. The van der Waals surface area contributed by atoms with E-state index in [2.05, 4.69) is 19.2 Å². The monoisotopic (exact) mass is 353 g/mol. The van der Waals surface area contributed by atoms with Crippen LogP contribution in [-0.4, -0.2) is 22.4 Å². The predicted molar refractivity (Wildman–Crippen MR) is 105 cm³/mol. The van der Waals surface area contributed by atoms with Crippen LogP contribution in [-0.2, 0) is 4.79 Å². The van der Waals surface area contributed by atoms with Gasteiger partial charge in [-0.25, -0.2) is 4.79 Å². The van der Waals surface area contributed by atoms with Crippen molar-refractivity contribution in [3.8, 4) is 0 Å². The van der Waals surface area contributed by atoms with Crippen molar-refractivity contribution < 1.29 is 14.7 Å². The molecular weight excluding hydrogens is 326 g/mol. The van der Waals surface area contributed by atoms with E-state index in [1.807, 2.05) is 24.3 Å². The van der Waals surface area contributed by atoms with Crippen molar-refractivity contribution in [1.29, 1.82) is 0 Å². The molecule has 4 heteroatoms. The average molecular weight is 353 g/mol. The van der Waals surface area contributed by atoms with E-state index in [0.29, 0.717) is 23.2 Å². The summed E-state index contributed by atoms with van der Waals surface area (Å²) >= 11 is 0. The molecule has 0 aliphatic heterocycles. The molecule has 2 atom stereocenters. The average Bonchev–Trinajstić information content (AvgIpc) is 2.62. The fraction of sp³-hybridized carbons (Fsp3) is 0.364. The Morgan fingerprint density at radius 1 is 1.08 bits per heavy atom. The lowest BCUT2D eigenvalue weighted by atomic mass is 9.86. The molecule has 0 aromatic heterocycles. The largest absolute Gasteiger partial charge is 0.480 e. The Morgan fingerprint density at radius 3 is 2.31 bits per heavy atom. The number of ketones is 1. The number of carbonyl (C=O) groups is 2. The Morgan fingerprint density at radius 2 is 1.69 bits per heavy atom. The van der Waals surface area contributed by atoms with Crippen LogP contribution in [0.15, 0.2) is 54.6 Å². The van der Waals surface area contributed by atoms with Gasteiger partial charge in [0.1, 0.15) is 5.54 Å². The summed E-state index contributed by atoms with van der Waals surface area (Å²) in [4.78, 5) is 24.8. The topological polar surface area (TPSA) is 66.4 Å². The molecule has 2 N–H and O–H groups in total. The SMILES string of the molecule is CCCC(C)CC(C)(Nc1ccccc1C(=O)c1ccccc1)C(=O)O. The van der Waals surface area contributed by atoms with Crippen LogP contribution in [0.25, 0.3) is 0 Å². The molecule has 0 saturated carbocycles. The zero-order valence-electron chi connectivity index (χ0n) is 15.7. The van der Waals surface area contributed by atoms with Gasteiger partial charge in [0.2, 0.25) is 0 Å². The second kappa shape index (κ2) is 8.65. The lowest BCUT2D eigenvalue weighted by Gasteiger charge is -2.31. The van der Waals surface area contributed by atoms with Gasteiger partial charge in [0.15, 0.2) is 5.78 Å². The minimum absolute atomic E-state index is 0.122. The standard InChI is InChI=1S/C22H27NO3/c1-4-10-16(2)15-22(3,21(25)26)23-19-14-9-8-13-18(19)20(24)17-11-6-5-7-12-17/h5-9,11-14,16,23H,4,10,15H2,1-3H3,(H,25,26). The first kappa shape index (κ1) is 19.7. The summed E-state index contributed by atoms with van der Waals surface area (Å²) in [7, 11) is 0. The van der Waals surface area contributed by atoms with Crippen LogP contribution in [0.2, 0.25) is 0 Å². The third-order valence-electron chi connectivity index (χ3n) is 4.63. The van der Waals surface area contributed by atoms with Crippen LogP contribution in [0.3, 0.4) is 0 Å². The first-order valence-electron chi connectivity index (χ1n) is 9.07. The summed E-state index contributed by atoms with van der Waals surface area (Å²) in [5, 5.41) is 13.0. The molecule has 0 saturated heterocycles. The van der Waals surface area contributed by atoms with E-state index >= 15 is 0 Å². The van der Waals surface area contributed by atoms with Crippen LogP contribution < -0.4 is 5.32 Å². The van der Waals surface area contributed by atoms with Gasteiger partial charge in [0.25, 0.3) is 0 Å². The summed E-state index contributed by atoms with van der Waals surface area (Å²) in [6, 6.07) is 16.1. The zero-order valence-corrected chi connectivity index (χ0v) is 15.7. The number of hydrogen-bond acceptors (Lipinski definition) is 3. The van der Waals surface area contributed by atoms with Gasteiger partial charge in [-0.1, -0.05) is 69.2 Å².